The molecule has 0 fully saturated rings. The van der Waals surface area contributed by atoms with E-state index in [0.29, 0.717) is 16.7 Å². The number of carbonyl (C=O) groups is 2. The molecule has 2 aromatic carbocycles. The lowest BCUT2D eigenvalue weighted by atomic mass is 10.0. The number of esters is 2. The quantitative estimate of drug-likeness (QED) is 0.273. The van der Waals surface area contributed by atoms with E-state index in [1.54, 1.807) is 13.0 Å². The second-order valence-corrected chi connectivity index (χ2v) is 6.07. The zero-order valence-corrected chi connectivity index (χ0v) is 15.9. The number of methoxy groups -OCH3 is 1. The Bertz CT molecular complexity index is 991. The van der Waals surface area contributed by atoms with Gasteiger partial charge in [-0.25, -0.2) is 9.59 Å². The van der Waals surface area contributed by atoms with Gasteiger partial charge in [-0.2, -0.15) is 26.3 Å². The first kappa shape index (κ1) is 23.8. The number of allylic oxidation sites excluding steroid dienone is 1. The molecule has 31 heavy (non-hydrogen) atoms. The van der Waals surface area contributed by atoms with Gasteiger partial charge in [-0.15, -0.1) is 0 Å². The van der Waals surface area contributed by atoms with E-state index in [2.05, 4.69) is 9.47 Å². The molecule has 2 aromatic rings. The van der Waals surface area contributed by atoms with Crippen LogP contribution in [-0.2, 0) is 9.59 Å². The van der Waals surface area contributed by atoms with Crippen LogP contribution < -0.4 is 14.2 Å². The summed E-state index contributed by atoms with van der Waals surface area (Å²) in [6.07, 6.45) is -8.75. The molecule has 0 bridgehead atoms. The third-order valence-corrected chi connectivity index (χ3v) is 3.72. The molecule has 0 unspecified atom stereocenters. The maximum atomic E-state index is 12.4. The molecule has 0 aliphatic heterocycles. The topological polar surface area (TPSA) is 61.8 Å². The molecular weight excluding hydrogens is 434 g/mol. The fraction of sp³-hybridized carbons (Fsp3) is 0.200. The van der Waals surface area contributed by atoms with Gasteiger partial charge in [-0.05, 0) is 47.9 Å². The minimum Gasteiger partial charge on any atom is -0.497 e. The summed E-state index contributed by atoms with van der Waals surface area (Å²) >= 11 is 0. The van der Waals surface area contributed by atoms with E-state index in [0.717, 1.165) is 18.2 Å². The van der Waals surface area contributed by atoms with Gasteiger partial charge in [0.1, 0.15) is 17.2 Å². The Kier molecular flexibility index (Phi) is 6.98. The van der Waals surface area contributed by atoms with Gasteiger partial charge in [0.2, 0.25) is 0 Å². The molecular formula is C20H14F6O5. The summed E-state index contributed by atoms with van der Waals surface area (Å²) in [7, 11) is 1.27. The fourth-order valence-electron chi connectivity index (χ4n) is 2.27. The van der Waals surface area contributed by atoms with Crippen LogP contribution in [0.4, 0.5) is 26.3 Å². The second kappa shape index (κ2) is 9.11. The average Bonchev–Trinajstić information content (AvgIpc) is 2.67. The molecule has 166 valence electrons. The standard InChI is InChI=1S/C20H14F6O5/c1-11(7-12-3-5-14(6-4-12)30-17(27)19(21,22)23)13-8-15(29-2)10-16(9-13)31-18(28)20(24,25)26/h3-10H,1-2H3/b11-7+. The van der Waals surface area contributed by atoms with Crippen LogP contribution in [0, 0.1) is 0 Å². The van der Waals surface area contributed by atoms with Crippen molar-refractivity contribution >= 4 is 23.6 Å². The van der Waals surface area contributed by atoms with E-state index < -0.39 is 24.3 Å². The lowest BCUT2D eigenvalue weighted by molar-refractivity contribution is -0.189. The van der Waals surface area contributed by atoms with E-state index in [1.165, 1.54) is 31.4 Å². The smallest absolute Gasteiger partial charge is 0.491 e. The molecule has 0 atom stereocenters. The van der Waals surface area contributed by atoms with Crippen LogP contribution in [0.25, 0.3) is 11.6 Å². The van der Waals surface area contributed by atoms with E-state index in [1.807, 2.05) is 0 Å². The van der Waals surface area contributed by atoms with Crippen LogP contribution in [0.3, 0.4) is 0 Å². The molecule has 0 saturated carbocycles. The summed E-state index contributed by atoms with van der Waals surface area (Å²) in [6.45, 7) is 1.60. The molecule has 0 radical (unpaired) electrons. The molecule has 0 heterocycles. The van der Waals surface area contributed by atoms with Crippen molar-refractivity contribution in [1.29, 1.82) is 0 Å². The predicted molar refractivity (Wildman–Crippen MR) is 96.4 cm³/mol. The third-order valence-electron chi connectivity index (χ3n) is 3.72. The first-order valence-corrected chi connectivity index (χ1v) is 8.35. The van der Waals surface area contributed by atoms with Crippen LogP contribution in [0.1, 0.15) is 18.1 Å². The molecule has 0 N–H and O–H groups in total. The van der Waals surface area contributed by atoms with Gasteiger partial charge < -0.3 is 14.2 Å². The molecule has 0 aromatic heterocycles. The number of hydrogen-bond acceptors (Lipinski definition) is 5. The Hall–Kier alpha value is -3.50. The maximum Gasteiger partial charge on any atom is 0.491 e. The highest BCUT2D eigenvalue weighted by Gasteiger charge is 2.42. The summed E-state index contributed by atoms with van der Waals surface area (Å²) < 4.78 is 87.5. The average molecular weight is 448 g/mol. The number of ether oxygens (including phenoxy) is 3. The zero-order chi connectivity index (χ0) is 23.4. The van der Waals surface area contributed by atoms with Crippen molar-refractivity contribution in [2.75, 3.05) is 7.11 Å². The Morgan fingerprint density at radius 2 is 1.26 bits per heavy atom. The van der Waals surface area contributed by atoms with Crippen molar-refractivity contribution in [2.45, 2.75) is 19.3 Å². The largest absolute Gasteiger partial charge is 0.497 e. The van der Waals surface area contributed by atoms with Crippen LogP contribution in [0.5, 0.6) is 17.2 Å². The van der Waals surface area contributed by atoms with Crippen LogP contribution in [0.15, 0.2) is 42.5 Å². The van der Waals surface area contributed by atoms with Crippen molar-refractivity contribution in [2.24, 2.45) is 0 Å². The first-order chi connectivity index (χ1) is 14.3. The first-order valence-electron chi connectivity index (χ1n) is 8.35. The van der Waals surface area contributed by atoms with Crippen molar-refractivity contribution in [1.82, 2.24) is 0 Å². The summed E-state index contributed by atoms with van der Waals surface area (Å²) in [6, 6.07) is 8.80. The summed E-state index contributed by atoms with van der Waals surface area (Å²) in [5.74, 6) is -5.33. The van der Waals surface area contributed by atoms with Crippen molar-refractivity contribution in [3.63, 3.8) is 0 Å². The van der Waals surface area contributed by atoms with Gasteiger partial charge in [0.15, 0.2) is 0 Å². The van der Waals surface area contributed by atoms with Gasteiger partial charge in [-0.1, -0.05) is 18.2 Å². The summed E-state index contributed by atoms with van der Waals surface area (Å²) in [4.78, 5) is 21.9. The lowest BCUT2D eigenvalue weighted by Gasteiger charge is -2.11. The third kappa shape index (κ3) is 6.76. The molecule has 0 saturated heterocycles. The number of hydrogen-bond donors (Lipinski definition) is 0. The van der Waals surface area contributed by atoms with E-state index in [4.69, 9.17) is 4.74 Å². The molecule has 0 spiro atoms. The van der Waals surface area contributed by atoms with E-state index >= 15 is 0 Å². The predicted octanol–water partition coefficient (Wildman–Crippen LogP) is 5.19. The zero-order valence-electron chi connectivity index (χ0n) is 15.9. The fourth-order valence-corrected chi connectivity index (χ4v) is 2.27. The van der Waals surface area contributed by atoms with Gasteiger partial charge >= 0.3 is 24.3 Å². The number of alkyl halides is 6. The SMILES string of the molecule is COc1cc(OC(=O)C(F)(F)F)cc(/C(C)=C/c2ccc(OC(=O)C(F)(F)F)cc2)c1. The minimum absolute atomic E-state index is 0.129. The minimum atomic E-state index is -5.18. The van der Waals surface area contributed by atoms with Crippen molar-refractivity contribution in [3.8, 4) is 17.2 Å². The Morgan fingerprint density at radius 1 is 0.774 bits per heavy atom. The highest BCUT2D eigenvalue weighted by atomic mass is 19.4. The Balaban J connectivity index is 2.25. The van der Waals surface area contributed by atoms with Crippen molar-refractivity contribution < 1.29 is 50.1 Å². The number of benzene rings is 2. The number of halogens is 6. The molecule has 11 heteroatoms. The van der Waals surface area contributed by atoms with Crippen LogP contribution in [0.2, 0.25) is 0 Å². The van der Waals surface area contributed by atoms with Gasteiger partial charge in [-0.3, -0.25) is 0 Å². The molecule has 0 aliphatic carbocycles. The number of carbonyl (C=O) groups excluding carboxylic acids is 2. The molecule has 0 amide bonds. The summed E-state index contributed by atoms with van der Waals surface area (Å²) in [5, 5.41) is 0. The van der Waals surface area contributed by atoms with Gasteiger partial charge in [0.05, 0.1) is 7.11 Å². The monoisotopic (exact) mass is 448 g/mol. The molecule has 2 rings (SSSR count). The maximum absolute atomic E-state index is 12.4. The normalized spacial score (nSPS) is 12.3. The van der Waals surface area contributed by atoms with Crippen molar-refractivity contribution in [3.05, 3.63) is 53.6 Å². The highest BCUT2D eigenvalue weighted by Crippen LogP contribution is 2.30. The highest BCUT2D eigenvalue weighted by molar-refractivity contribution is 5.83. The second-order valence-electron chi connectivity index (χ2n) is 6.07. The molecule has 5 nitrogen and oxygen atoms in total. The van der Waals surface area contributed by atoms with Gasteiger partial charge in [0, 0.05) is 6.07 Å². The van der Waals surface area contributed by atoms with Crippen LogP contribution >= 0.6 is 0 Å². The Labute approximate surface area is 171 Å². The van der Waals surface area contributed by atoms with Crippen LogP contribution in [-0.4, -0.2) is 31.4 Å². The summed E-state index contributed by atoms with van der Waals surface area (Å²) in [5.41, 5.74) is 1.35. The number of rotatable bonds is 5. The lowest BCUT2D eigenvalue weighted by Crippen LogP contribution is -2.28. The van der Waals surface area contributed by atoms with E-state index in [-0.39, 0.29) is 17.2 Å². The molecule has 0 aliphatic rings. The van der Waals surface area contributed by atoms with E-state index in [9.17, 15) is 35.9 Å². The van der Waals surface area contributed by atoms with Gasteiger partial charge in [0.25, 0.3) is 0 Å². The Morgan fingerprint density at radius 3 is 1.74 bits per heavy atom.